The van der Waals surface area contributed by atoms with Crippen molar-refractivity contribution in [2.45, 2.75) is 11.8 Å². The van der Waals surface area contributed by atoms with Crippen LogP contribution in [0.2, 0.25) is 0 Å². The van der Waals surface area contributed by atoms with Crippen LogP contribution >= 0.6 is 11.8 Å². The fraction of sp³-hybridized carbons (Fsp3) is 0.250. The van der Waals surface area contributed by atoms with Crippen LogP contribution in [-0.2, 0) is 4.79 Å². The van der Waals surface area contributed by atoms with Crippen LogP contribution in [0.15, 0.2) is 40.8 Å². The van der Waals surface area contributed by atoms with Gasteiger partial charge in [-0.05, 0) is 43.5 Å². The van der Waals surface area contributed by atoms with E-state index in [1.54, 1.807) is 24.8 Å². The third-order valence-electron chi connectivity index (χ3n) is 2.04. The molecule has 0 atom stereocenters. The van der Waals surface area contributed by atoms with Gasteiger partial charge in [-0.1, -0.05) is 0 Å². The highest BCUT2D eigenvalue weighted by Crippen LogP contribution is 2.18. The van der Waals surface area contributed by atoms with Crippen LogP contribution in [0.1, 0.15) is 6.92 Å². The average molecular weight is 238 g/mol. The Kier molecular flexibility index (Phi) is 4.92. The SMILES string of the molecule is CSc1ccc(OCC=C(C)C(=O)O)cc1. The molecule has 0 heterocycles. The van der Waals surface area contributed by atoms with Gasteiger partial charge in [-0.15, -0.1) is 11.8 Å². The molecule has 0 amide bonds. The van der Waals surface area contributed by atoms with E-state index in [0.717, 1.165) is 5.75 Å². The molecule has 0 saturated heterocycles. The van der Waals surface area contributed by atoms with Crippen molar-refractivity contribution >= 4 is 17.7 Å². The number of thioether (sulfide) groups is 1. The summed E-state index contributed by atoms with van der Waals surface area (Å²) in [6.07, 6.45) is 3.56. The smallest absolute Gasteiger partial charge is 0.331 e. The normalized spacial score (nSPS) is 11.2. The number of hydrogen-bond acceptors (Lipinski definition) is 3. The van der Waals surface area contributed by atoms with Crippen LogP contribution in [-0.4, -0.2) is 23.9 Å². The Balaban J connectivity index is 2.49. The number of carboxylic acids is 1. The lowest BCUT2D eigenvalue weighted by molar-refractivity contribution is -0.132. The van der Waals surface area contributed by atoms with Gasteiger partial charge in [-0.2, -0.15) is 0 Å². The minimum atomic E-state index is -0.915. The largest absolute Gasteiger partial charge is 0.490 e. The molecule has 0 aliphatic carbocycles. The van der Waals surface area contributed by atoms with Crippen LogP contribution in [0.5, 0.6) is 5.75 Å². The van der Waals surface area contributed by atoms with Crippen molar-refractivity contribution in [3.63, 3.8) is 0 Å². The Morgan fingerprint density at radius 1 is 1.44 bits per heavy atom. The van der Waals surface area contributed by atoms with Gasteiger partial charge in [0.05, 0.1) is 0 Å². The fourth-order valence-electron chi connectivity index (χ4n) is 1.02. The van der Waals surface area contributed by atoms with Crippen LogP contribution < -0.4 is 4.74 Å². The first-order chi connectivity index (χ1) is 7.63. The number of aliphatic carboxylic acids is 1. The molecule has 1 aromatic rings. The van der Waals surface area contributed by atoms with Gasteiger partial charge in [0.25, 0.3) is 0 Å². The fourth-order valence-corrected chi connectivity index (χ4v) is 1.43. The average Bonchev–Trinajstić information content (AvgIpc) is 2.29. The van der Waals surface area contributed by atoms with Crippen LogP contribution in [0.3, 0.4) is 0 Å². The molecule has 1 rings (SSSR count). The van der Waals surface area contributed by atoms with Gasteiger partial charge in [0.2, 0.25) is 0 Å². The Morgan fingerprint density at radius 3 is 2.56 bits per heavy atom. The molecule has 1 aromatic carbocycles. The van der Waals surface area contributed by atoms with Crippen molar-refractivity contribution in [2.24, 2.45) is 0 Å². The monoisotopic (exact) mass is 238 g/mol. The van der Waals surface area contributed by atoms with E-state index in [1.807, 2.05) is 30.5 Å². The highest BCUT2D eigenvalue weighted by molar-refractivity contribution is 7.98. The summed E-state index contributed by atoms with van der Waals surface area (Å²) in [6.45, 7) is 1.82. The second-order valence-corrected chi connectivity index (χ2v) is 4.06. The zero-order chi connectivity index (χ0) is 12.0. The number of ether oxygens (including phenoxy) is 1. The maximum Gasteiger partial charge on any atom is 0.331 e. The van der Waals surface area contributed by atoms with E-state index < -0.39 is 5.97 Å². The summed E-state index contributed by atoms with van der Waals surface area (Å²) >= 11 is 1.66. The number of hydrogen-bond donors (Lipinski definition) is 1. The van der Waals surface area contributed by atoms with Crippen LogP contribution in [0, 0.1) is 0 Å². The molecule has 0 saturated carbocycles. The maximum atomic E-state index is 10.5. The first-order valence-electron chi connectivity index (χ1n) is 4.80. The first-order valence-corrected chi connectivity index (χ1v) is 6.03. The maximum absolute atomic E-state index is 10.5. The lowest BCUT2D eigenvalue weighted by atomic mass is 10.3. The third-order valence-corrected chi connectivity index (χ3v) is 2.78. The van der Waals surface area contributed by atoms with E-state index in [4.69, 9.17) is 9.84 Å². The number of carboxylic acid groups (broad SMARTS) is 1. The minimum absolute atomic E-state index is 0.275. The molecule has 4 heteroatoms. The quantitative estimate of drug-likeness (QED) is 0.633. The summed E-state index contributed by atoms with van der Waals surface area (Å²) in [6, 6.07) is 7.67. The van der Waals surface area contributed by atoms with Crippen molar-refractivity contribution in [3.05, 3.63) is 35.9 Å². The number of carbonyl (C=O) groups is 1. The van der Waals surface area contributed by atoms with Gasteiger partial charge in [0, 0.05) is 10.5 Å². The Bertz CT molecular complexity index is 382. The van der Waals surface area contributed by atoms with Gasteiger partial charge in [-0.3, -0.25) is 0 Å². The first kappa shape index (κ1) is 12.6. The van der Waals surface area contributed by atoms with Crippen LogP contribution in [0.25, 0.3) is 0 Å². The number of benzene rings is 1. The van der Waals surface area contributed by atoms with E-state index in [2.05, 4.69) is 0 Å². The summed E-state index contributed by atoms with van der Waals surface area (Å²) in [7, 11) is 0. The van der Waals surface area contributed by atoms with E-state index in [1.165, 1.54) is 4.90 Å². The topological polar surface area (TPSA) is 46.5 Å². The molecule has 0 aliphatic rings. The van der Waals surface area contributed by atoms with Crippen molar-refractivity contribution in [2.75, 3.05) is 12.9 Å². The van der Waals surface area contributed by atoms with Gasteiger partial charge in [0.1, 0.15) is 12.4 Å². The van der Waals surface area contributed by atoms with Gasteiger partial charge in [0.15, 0.2) is 0 Å². The van der Waals surface area contributed by atoms with E-state index in [0.29, 0.717) is 5.57 Å². The molecule has 0 spiro atoms. The predicted octanol–water partition coefficient (Wildman–Crippen LogP) is 2.82. The second-order valence-electron chi connectivity index (χ2n) is 3.18. The van der Waals surface area contributed by atoms with E-state index in [-0.39, 0.29) is 6.61 Å². The van der Waals surface area contributed by atoms with Crippen molar-refractivity contribution in [3.8, 4) is 5.75 Å². The van der Waals surface area contributed by atoms with Gasteiger partial charge < -0.3 is 9.84 Å². The summed E-state index contributed by atoms with van der Waals surface area (Å²) in [5.41, 5.74) is 0.292. The molecular weight excluding hydrogens is 224 g/mol. The lowest BCUT2D eigenvalue weighted by Gasteiger charge is -2.04. The molecule has 86 valence electrons. The van der Waals surface area contributed by atoms with Crippen molar-refractivity contribution in [1.82, 2.24) is 0 Å². The highest BCUT2D eigenvalue weighted by atomic mass is 32.2. The molecule has 0 unspecified atom stereocenters. The molecule has 0 aliphatic heterocycles. The lowest BCUT2D eigenvalue weighted by Crippen LogP contribution is -2.00. The molecule has 0 aromatic heterocycles. The van der Waals surface area contributed by atoms with Crippen molar-refractivity contribution in [1.29, 1.82) is 0 Å². The molecule has 0 fully saturated rings. The van der Waals surface area contributed by atoms with Crippen molar-refractivity contribution < 1.29 is 14.6 Å². The van der Waals surface area contributed by atoms with E-state index >= 15 is 0 Å². The predicted molar refractivity (Wildman–Crippen MR) is 65.1 cm³/mol. The molecule has 16 heavy (non-hydrogen) atoms. The second kappa shape index (κ2) is 6.23. The highest BCUT2D eigenvalue weighted by Gasteiger charge is 1.98. The van der Waals surface area contributed by atoms with Gasteiger partial charge in [-0.25, -0.2) is 4.79 Å². The molecule has 0 radical (unpaired) electrons. The Labute approximate surface area is 99.1 Å². The summed E-state index contributed by atoms with van der Waals surface area (Å²) < 4.78 is 5.38. The van der Waals surface area contributed by atoms with Gasteiger partial charge >= 0.3 is 5.97 Å². The molecule has 3 nitrogen and oxygen atoms in total. The molecule has 1 N–H and O–H groups in total. The Morgan fingerprint density at radius 2 is 2.06 bits per heavy atom. The van der Waals surface area contributed by atoms with E-state index in [9.17, 15) is 4.79 Å². The third kappa shape index (κ3) is 3.98. The zero-order valence-electron chi connectivity index (χ0n) is 9.27. The Hall–Kier alpha value is -1.42. The summed E-state index contributed by atoms with van der Waals surface area (Å²) in [5, 5.41) is 8.62. The summed E-state index contributed by atoms with van der Waals surface area (Å²) in [5.74, 6) is -0.173. The number of rotatable bonds is 5. The zero-order valence-corrected chi connectivity index (χ0v) is 10.1. The standard InChI is InChI=1S/C12H14O3S/c1-9(12(13)14)7-8-15-10-3-5-11(16-2)6-4-10/h3-7H,8H2,1-2H3,(H,13,14). The minimum Gasteiger partial charge on any atom is -0.490 e. The summed E-state index contributed by atoms with van der Waals surface area (Å²) in [4.78, 5) is 11.7. The molecule has 0 bridgehead atoms. The van der Waals surface area contributed by atoms with Crippen LogP contribution in [0.4, 0.5) is 0 Å². The molecular formula is C12H14O3S.